The van der Waals surface area contributed by atoms with E-state index in [2.05, 4.69) is 50.8 Å². The van der Waals surface area contributed by atoms with Crippen LogP contribution in [0.1, 0.15) is 104 Å². The second-order valence-corrected chi connectivity index (χ2v) is 8.43. The molecule has 0 unspecified atom stereocenters. The Bertz CT molecular complexity index is 705. The van der Waals surface area contributed by atoms with E-state index in [1.807, 2.05) is 48.8 Å². The lowest BCUT2D eigenvalue weighted by molar-refractivity contribution is 0.312. The molecule has 0 saturated heterocycles. The molecule has 3 nitrogen and oxygen atoms in total. The van der Waals surface area contributed by atoms with Crippen LogP contribution in [-0.4, -0.2) is 16.6 Å². The van der Waals surface area contributed by atoms with Crippen LogP contribution in [-0.2, 0) is 6.42 Å². The van der Waals surface area contributed by atoms with Gasteiger partial charge in [-0.2, -0.15) is 0 Å². The van der Waals surface area contributed by atoms with Gasteiger partial charge >= 0.3 is 0 Å². The number of aryl methyl sites for hydroxylation is 1. The van der Waals surface area contributed by atoms with Crippen LogP contribution in [0.2, 0.25) is 0 Å². The van der Waals surface area contributed by atoms with E-state index in [9.17, 15) is 0 Å². The zero-order valence-electron chi connectivity index (χ0n) is 22.5. The van der Waals surface area contributed by atoms with Crippen LogP contribution >= 0.6 is 0 Å². The van der Waals surface area contributed by atoms with Crippen molar-refractivity contribution in [2.75, 3.05) is 6.61 Å². The van der Waals surface area contributed by atoms with Crippen molar-refractivity contribution in [3.8, 4) is 17.1 Å². The smallest absolute Gasteiger partial charge is 0.159 e. The first kappa shape index (κ1) is 31.6. The lowest BCUT2D eigenvalue weighted by Gasteiger charge is -2.07. The largest absolute Gasteiger partial charge is 0.494 e. The molecule has 0 spiro atoms. The minimum atomic E-state index is 0.717. The van der Waals surface area contributed by atoms with Gasteiger partial charge in [0.1, 0.15) is 5.75 Å². The van der Waals surface area contributed by atoms with Crippen LogP contribution < -0.4 is 4.74 Å². The van der Waals surface area contributed by atoms with Crippen LogP contribution in [0.15, 0.2) is 62.0 Å². The molecule has 3 heteroatoms. The van der Waals surface area contributed by atoms with Gasteiger partial charge in [-0.1, -0.05) is 84.8 Å². The number of ether oxygens (including phenoxy) is 1. The van der Waals surface area contributed by atoms with Crippen molar-refractivity contribution in [2.45, 2.75) is 105 Å². The Morgan fingerprint density at radius 3 is 1.85 bits per heavy atom. The maximum absolute atomic E-state index is 5.71. The second kappa shape index (κ2) is 23.7. The molecular weight excluding hydrogens is 416 g/mol. The van der Waals surface area contributed by atoms with Gasteiger partial charge in [-0.3, -0.25) is 0 Å². The molecule has 0 aliphatic heterocycles. The fourth-order valence-corrected chi connectivity index (χ4v) is 2.86. The minimum absolute atomic E-state index is 0.717. The molecule has 0 bridgehead atoms. The summed E-state index contributed by atoms with van der Waals surface area (Å²) in [6.45, 7) is 16.6. The van der Waals surface area contributed by atoms with E-state index in [0.29, 0.717) is 0 Å². The van der Waals surface area contributed by atoms with Crippen molar-refractivity contribution in [2.24, 2.45) is 0 Å². The molecule has 0 amide bonds. The van der Waals surface area contributed by atoms with Crippen molar-refractivity contribution >= 4 is 0 Å². The van der Waals surface area contributed by atoms with Gasteiger partial charge in [0.2, 0.25) is 0 Å². The molecule has 0 N–H and O–H groups in total. The van der Waals surface area contributed by atoms with E-state index in [1.54, 1.807) is 0 Å². The van der Waals surface area contributed by atoms with E-state index in [-0.39, 0.29) is 0 Å². The summed E-state index contributed by atoms with van der Waals surface area (Å²) in [6.07, 6.45) is 22.4. The van der Waals surface area contributed by atoms with Gasteiger partial charge in [0, 0.05) is 18.0 Å². The molecule has 190 valence electrons. The molecule has 0 atom stereocenters. The van der Waals surface area contributed by atoms with Crippen LogP contribution in [0.3, 0.4) is 0 Å². The summed E-state index contributed by atoms with van der Waals surface area (Å²) in [7, 11) is 0. The highest BCUT2D eigenvalue weighted by Crippen LogP contribution is 2.20. The van der Waals surface area contributed by atoms with Gasteiger partial charge in [0.25, 0.3) is 0 Å². The lowest BCUT2D eigenvalue weighted by atomic mass is 10.1. The van der Waals surface area contributed by atoms with Crippen LogP contribution in [0, 0.1) is 0 Å². The summed E-state index contributed by atoms with van der Waals surface area (Å²) in [5.41, 5.74) is 2.25. The van der Waals surface area contributed by atoms with Crippen molar-refractivity contribution in [3.63, 3.8) is 0 Å². The van der Waals surface area contributed by atoms with E-state index in [4.69, 9.17) is 4.74 Å². The van der Waals surface area contributed by atoms with Gasteiger partial charge in [0.15, 0.2) is 5.82 Å². The molecule has 1 aromatic heterocycles. The zero-order chi connectivity index (χ0) is 25.3. The number of nitrogens with zero attached hydrogens (tertiary/aromatic N) is 2. The number of benzene rings is 1. The van der Waals surface area contributed by atoms with Gasteiger partial charge < -0.3 is 4.74 Å². The normalized spacial score (nSPS) is 9.76. The SMILES string of the molecule is C=CCC.C=CCCCOc1ccc(-c2ncc(CCCCCCCC)cn2)cc1.CCCC. The van der Waals surface area contributed by atoms with E-state index in [0.717, 1.165) is 49.4 Å². The number of hydrogen-bond donors (Lipinski definition) is 0. The average molecular weight is 467 g/mol. The Labute approximate surface area is 210 Å². The van der Waals surface area contributed by atoms with Crippen LogP contribution in [0.25, 0.3) is 11.4 Å². The second-order valence-electron chi connectivity index (χ2n) is 8.43. The molecule has 0 fully saturated rings. The van der Waals surface area contributed by atoms with Gasteiger partial charge in [0.05, 0.1) is 6.61 Å². The standard InChI is InChI=1S/C23H32N2O.C4H10.C4H8/c1-3-5-7-8-9-10-12-20-18-24-23(25-19-20)21-13-15-22(16-14-21)26-17-11-6-4-2;2*1-3-4-2/h4,13-16,18-19H,2-3,5-12,17H2,1H3;3-4H2,1-2H3;3H,1,4H2,2H3. The first-order valence-electron chi connectivity index (χ1n) is 13.4. The number of hydrogen-bond acceptors (Lipinski definition) is 3. The molecule has 0 aliphatic carbocycles. The Balaban J connectivity index is 0.00000118. The lowest BCUT2D eigenvalue weighted by Crippen LogP contribution is -1.97. The molecule has 0 saturated carbocycles. The molecule has 1 heterocycles. The number of allylic oxidation sites excluding steroid dienone is 2. The first-order valence-corrected chi connectivity index (χ1v) is 13.4. The number of rotatable bonds is 15. The summed E-state index contributed by atoms with van der Waals surface area (Å²) >= 11 is 0. The maximum atomic E-state index is 5.71. The van der Waals surface area contributed by atoms with Crippen molar-refractivity contribution in [3.05, 3.63) is 67.5 Å². The molecule has 34 heavy (non-hydrogen) atoms. The van der Waals surface area contributed by atoms with Gasteiger partial charge in [-0.25, -0.2) is 9.97 Å². The van der Waals surface area contributed by atoms with Gasteiger partial charge in [-0.15, -0.1) is 13.2 Å². The fraction of sp³-hybridized carbons (Fsp3) is 0.548. The highest BCUT2D eigenvalue weighted by Gasteiger charge is 2.03. The topological polar surface area (TPSA) is 35.0 Å². The number of aromatic nitrogens is 2. The Morgan fingerprint density at radius 2 is 1.32 bits per heavy atom. The fourth-order valence-electron chi connectivity index (χ4n) is 2.86. The van der Waals surface area contributed by atoms with Crippen LogP contribution in [0.5, 0.6) is 5.75 Å². The summed E-state index contributed by atoms with van der Waals surface area (Å²) < 4.78 is 5.71. The van der Waals surface area contributed by atoms with E-state index < -0.39 is 0 Å². The third-order valence-electron chi connectivity index (χ3n) is 5.25. The third kappa shape index (κ3) is 17.1. The Hall–Kier alpha value is -2.42. The van der Waals surface area contributed by atoms with Crippen LogP contribution in [0.4, 0.5) is 0 Å². The summed E-state index contributed by atoms with van der Waals surface area (Å²) in [5, 5.41) is 0. The molecule has 0 aliphatic rings. The molecular formula is C31H50N2O. The quantitative estimate of drug-likeness (QED) is 0.193. The van der Waals surface area contributed by atoms with Crippen molar-refractivity contribution in [1.82, 2.24) is 9.97 Å². The Kier molecular flexibility index (Phi) is 22.0. The van der Waals surface area contributed by atoms with E-state index >= 15 is 0 Å². The van der Waals surface area contributed by atoms with E-state index in [1.165, 1.54) is 56.9 Å². The molecule has 2 aromatic rings. The predicted molar refractivity (Wildman–Crippen MR) is 151 cm³/mol. The monoisotopic (exact) mass is 466 g/mol. The molecule has 0 radical (unpaired) electrons. The highest BCUT2D eigenvalue weighted by molar-refractivity contribution is 5.55. The zero-order valence-corrected chi connectivity index (χ0v) is 22.5. The summed E-state index contributed by atoms with van der Waals surface area (Å²) in [6, 6.07) is 8.00. The summed E-state index contributed by atoms with van der Waals surface area (Å²) in [5.74, 6) is 1.66. The maximum Gasteiger partial charge on any atom is 0.159 e. The Morgan fingerprint density at radius 1 is 0.735 bits per heavy atom. The molecule has 2 rings (SSSR count). The minimum Gasteiger partial charge on any atom is -0.494 e. The highest BCUT2D eigenvalue weighted by atomic mass is 16.5. The molecule has 1 aromatic carbocycles. The third-order valence-corrected chi connectivity index (χ3v) is 5.25. The van der Waals surface area contributed by atoms with Crippen molar-refractivity contribution in [1.29, 1.82) is 0 Å². The first-order chi connectivity index (χ1) is 16.7. The summed E-state index contributed by atoms with van der Waals surface area (Å²) in [4.78, 5) is 9.06. The predicted octanol–water partition coefficient (Wildman–Crippen LogP) is 9.78. The number of unbranched alkanes of at least 4 members (excludes halogenated alkanes) is 7. The van der Waals surface area contributed by atoms with Crippen molar-refractivity contribution < 1.29 is 4.74 Å². The van der Waals surface area contributed by atoms with Gasteiger partial charge in [-0.05, 0) is 61.9 Å². The average Bonchev–Trinajstić information content (AvgIpc) is 2.89.